The Morgan fingerprint density at radius 3 is 2.57 bits per heavy atom. The molecule has 2 N–H and O–H groups in total. The number of rotatable bonds is 4. The van der Waals surface area contributed by atoms with E-state index in [9.17, 15) is 9.59 Å². The van der Waals surface area contributed by atoms with E-state index in [0.29, 0.717) is 16.5 Å². The van der Waals surface area contributed by atoms with Crippen LogP contribution in [-0.2, 0) is 9.59 Å². The Bertz CT molecular complexity index is 730. The maximum Gasteiger partial charge on any atom is 0.329 e. The highest BCUT2D eigenvalue weighted by molar-refractivity contribution is 6.39. The Morgan fingerprint density at radius 1 is 1.13 bits per heavy atom. The standard InChI is InChI=1S/C16H14ClN3O3/c1-23-14-4-2-3-13(9-14)19-15(21)16(22)20-18-10-11-5-7-12(17)8-6-11/h2-10H,1H3,(H,19,21)(H,20,22)/b18-10+. The fourth-order valence-electron chi connectivity index (χ4n) is 1.65. The fraction of sp³-hybridized carbons (Fsp3) is 0.0625. The molecular weight excluding hydrogens is 318 g/mol. The summed E-state index contributed by atoms with van der Waals surface area (Å²) in [7, 11) is 1.51. The summed E-state index contributed by atoms with van der Waals surface area (Å²) in [6, 6.07) is 13.5. The number of hydrogen-bond acceptors (Lipinski definition) is 4. The molecule has 0 aliphatic carbocycles. The zero-order valence-electron chi connectivity index (χ0n) is 12.2. The Kier molecular flexibility index (Phi) is 5.71. The molecule has 0 bridgehead atoms. The van der Waals surface area contributed by atoms with Gasteiger partial charge in [0.2, 0.25) is 0 Å². The van der Waals surface area contributed by atoms with Gasteiger partial charge in [-0.1, -0.05) is 29.8 Å². The average molecular weight is 332 g/mol. The molecule has 0 unspecified atom stereocenters. The molecule has 0 fully saturated rings. The van der Waals surface area contributed by atoms with Crippen molar-refractivity contribution in [1.29, 1.82) is 0 Å². The Labute approximate surface area is 138 Å². The van der Waals surface area contributed by atoms with E-state index in [1.807, 2.05) is 0 Å². The van der Waals surface area contributed by atoms with Gasteiger partial charge in [-0.05, 0) is 29.8 Å². The molecule has 2 aromatic rings. The number of amides is 2. The molecule has 2 rings (SSSR count). The third-order valence-corrected chi connectivity index (χ3v) is 3.04. The zero-order chi connectivity index (χ0) is 16.7. The van der Waals surface area contributed by atoms with Crippen molar-refractivity contribution in [3.8, 4) is 5.75 Å². The smallest absolute Gasteiger partial charge is 0.329 e. The third kappa shape index (κ3) is 5.12. The van der Waals surface area contributed by atoms with Crippen LogP contribution in [0.3, 0.4) is 0 Å². The van der Waals surface area contributed by atoms with Crippen LogP contribution in [0.4, 0.5) is 5.69 Å². The number of carbonyl (C=O) groups is 2. The molecule has 6 nitrogen and oxygen atoms in total. The summed E-state index contributed by atoms with van der Waals surface area (Å²) in [5, 5.41) is 6.77. The summed E-state index contributed by atoms with van der Waals surface area (Å²) in [6.07, 6.45) is 1.41. The molecule has 0 atom stereocenters. The molecule has 0 saturated carbocycles. The minimum atomic E-state index is -0.877. The fourth-order valence-corrected chi connectivity index (χ4v) is 1.78. The highest BCUT2D eigenvalue weighted by Gasteiger charge is 2.12. The van der Waals surface area contributed by atoms with Crippen LogP contribution in [0.2, 0.25) is 5.02 Å². The maximum absolute atomic E-state index is 11.7. The predicted octanol–water partition coefficient (Wildman–Crippen LogP) is 2.44. The van der Waals surface area contributed by atoms with Gasteiger partial charge >= 0.3 is 11.8 Å². The number of benzene rings is 2. The number of nitrogens with one attached hydrogen (secondary N) is 2. The molecule has 0 radical (unpaired) electrons. The van der Waals surface area contributed by atoms with Crippen LogP contribution < -0.4 is 15.5 Å². The minimum absolute atomic E-state index is 0.450. The first-order valence-electron chi connectivity index (χ1n) is 6.62. The van der Waals surface area contributed by atoms with E-state index < -0.39 is 11.8 Å². The first-order chi connectivity index (χ1) is 11.1. The van der Waals surface area contributed by atoms with Crippen molar-refractivity contribution in [3.05, 3.63) is 59.1 Å². The van der Waals surface area contributed by atoms with Crippen LogP contribution in [0.5, 0.6) is 5.75 Å². The predicted molar refractivity (Wildman–Crippen MR) is 88.8 cm³/mol. The van der Waals surface area contributed by atoms with E-state index in [1.165, 1.54) is 13.3 Å². The van der Waals surface area contributed by atoms with Gasteiger partial charge in [0, 0.05) is 16.8 Å². The van der Waals surface area contributed by atoms with E-state index in [1.54, 1.807) is 48.5 Å². The number of nitrogens with zero attached hydrogens (tertiary/aromatic N) is 1. The summed E-state index contributed by atoms with van der Waals surface area (Å²) in [5.74, 6) is -1.13. The van der Waals surface area contributed by atoms with E-state index in [-0.39, 0.29) is 0 Å². The van der Waals surface area contributed by atoms with Gasteiger partial charge in [0.05, 0.1) is 13.3 Å². The minimum Gasteiger partial charge on any atom is -0.497 e. The molecule has 118 valence electrons. The number of hydrogen-bond donors (Lipinski definition) is 2. The molecule has 23 heavy (non-hydrogen) atoms. The van der Waals surface area contributed by atoms with Crippen LogP contribution in [0.25, 0.3) is 0 Å². The number of carbonyl (C=O) groups excluding carboxylic acids is 2. The van der Waals surface area contributed by atoms with Gasteiger partial charge < -0.3 is 10.1 Å². The van der Waals surface area contributed by atoms with Crippen LogP contribution in [0.1, 0.15) is 5.56 Å². The largest absolute Gasteiger partial charge is 0.497 e. The summed E-state index contributed by atoms with van der Waals surface area (Å²) in [4.78, 5) is 23.4. The van der Waals surface area contributed by atoms with E-state index in [4.69, 9.17) is 16.3 Å². The second-order valence-electron chi connectivity index (χ2n) is 4.44. The molecule has 2 aromatic carbocycles. The summed E-state index contributed by atoms with van der Waals surface area (Å²) >= 11 is 5.76. The second-order valence-corrected chi connectivity index (χ2v) is 4.87. The Balaban J connectivity index is 1.89. The molecule has 0 heterocycles. The lowest BCUT2D eigenvalue weighted by Crippen LogP contribution is -2.32. The molecular formula is C16H14ClN3O3. The SMILES string of the molecule is COc1cccc(NC(=O)C(=O)N/N=C/c2ccc(Cl)cc2)c1. The Hall–Kier alpha value is -2.86. The highest BCUT2D eigenvalue weighted by atomic mass is 35.5. The van der Waals surface area contributed by atoms with Gasteiger partial charge in [0.1, 0.15) is 5.75 Å². The molecule has 7 heteroatoms. The first kappa shape index (κ1) is 16.5. The van der Waals surface area contributed by atoms with Crippen molar-refractivity contribution >= 4 is 35.3 Å². The lowest BCUT2D eigenvalue weighted by atomic mass is 10.2. The van der Waals surface area contributed by atoms with Crippen molar-refractivity contribution in [2.24, 2.45) is 5.10 Å². The molecule has 2 amide bonds. The number of ether oxygens (including phenoxy) is 1. The van der Waals surface area contributed by atoms with Crippen LogP contribution in [-0.4, -0.2) is 25.1 Å². The molecule has 0 aromatic heterocycles. The van der Waals surface area contributed by atoms with Crippen molar-refractivity contribution in [2.75, 3.05) is 12.4 Å². The average Bonchev–Trinajstić information content (AvgIpc) is 2.56. The number of hydrazone groups is 1. The van der Waals surface area contributed by atoms with Crippen LogP contribution >= 0.6 is 11.6 Å². The number of anilines is 1. The first-order valence-corrected chi connectivity index (χ1v) is 7.00. The van der Waals surface area contributed by atoms with E-state index >= 15 is 0 Å². The van der Waals surface area contributed by atoms with Crippen molar-refractivity contribution in [1.82, 2.24) is 5.43 Å². The van der Waals surface area contributed by atoms with Gasteiger partial charge in [-0.3, -0.25) is 9.59 Å². The maximum atomic E-state index is 11.7. The zero-order valence-corrected chi connectivity index (χ0v) is 13.0. The van der Waals surface area contributed by atoms with Crippen molar-refractivity contribution in [3.63, 3.8) is 0 Å². The van der Waals surface area contributed by atoms with Crippen LogP contribution in [0.15, 0.2) is 53.6 Å². The number of halogens is 1. The van der Waals surface area contributed by atoms with E-state index in [2.05, 4.69) is 15.8 Å². The lowest BCUT2D eigenvalue weighted by molar-refractivity contribution is -0.136. The molecule has 0 aliphatic heterocycles. The quantitative estimate of drug-likeness (QED) is 0.513. The van der Waals surface area contributed by atoms with Crippen molar-refractivity contribution < 1.29 is 14.3 Å². The molecule has 0 aliphatic rings. The van der Waals surface area contributed by atoms with Gasteiger partial charge in [0.25, 0.3) is 0 Å². The highest BCUT2D eigenvalue weighted by Crippen LogP contribution is 2.16. The normalized spacial score (nSPS) is 10.3. The monoisotopic (exact) mass is 331 g/mol. The summed E-state index contributed by atoms with van der Waals surface area (Å²) in [5.41, 5.74) is 3.34. The van der Waals surface area contributed by atoms with Crippen LogP contribution in [0, 0.1) is 0 Å². The third-order valence-electron chi connectivity index (χ3n) is 2.78. The summed E-state index contributed by atoms with van der Waals surface area (Å²) < 4.78 is 5.03. The van der Waals surface area contributed by atoms with Gasteiger partial charge in [-0.25, -0.2) is 5.43 Å². The molecule has 0 spiro atoms. The summed E-state index contributed by atoms with van der Waals surface area (Å²) in [6.45, 7) is 0. The Morgan fingerprint density at radius 2 is 1.87 bits per heavy atom. The topological polar surface area (TPSA) is 79.8 Å². The number of methoxy groups -OCH3 is 1. The second kappa shape index (κ2) is 7.95. The van der Waals surface area contributed by atoms with Gasteiger partial charge in [0.15, 0.2) is 0 Å². The van der Waals surface area contributed by atoms with Gasteiger partial charge in [-0.15, -0.1) is 0 Å². The molecule has 0 saturated heterocycles. The lowest BCUT2D eigenvalue weighted by Gasteiger charge is -2.05. The van der Waals surface area contributed by atoms with Gasteiger partial charge in [-0.2, -0.15) is 5.10 Å². The van der Waals surface area contributed by atoms with Crippen molar-refractivity contribution in [2.45, 2.75) is 0 Å². The van der Waals surface area contributed by atoms with E-state index in [0.717, 1.165) is 5.56 Å².